The average molecular weight is 274 g/mol. The number of carbonyl (C=O) groups is 2. The van der Waals surface area contributed by atoms with E-state index >= 15 is 0 Å². The first kappa shape index (κ1) is 15.1. The van der Waals surface area contributed by atoms with Crippen molar-refractivity contribution in [1.29, 1.82) is 0 Å². The molecule has 3 unspecified atom stereocenters. The number of carboxylic acids is 1. The van der Waals surface area contributed by atoms with E-state index in [0.717, 1.165) is 17.9 Å². The molecular formula is C12H22N2O3S. The Morgan fingerprint density at radius 1 is 1.44 bits per heavy atom. The van der Waals surface area contributed by atoms with Gasteiger partial charge in [0.25, 0.3) is 0 Å². The molecule has 5 nitrogen and oxygen atoms in total. The second-order valence-corrected chi connectivity index (χ2v) is 6.04. The average Bonchev–Trinajstić information content (AvgIpc) is 2.74. The highest BCUT2D eigenvalue weighted by Gasteiger charge is 2.30. The molecule has 0 bridgehead atoms. The predicted molar refractivity (Wildman–Crippen MR) is 72.9 cm³/mol. The summed E-state index contributed by atoms with van der Waals surface area (Å²) in [5.41, 5.74) is 0. The molecule has 0 spiro atoms. The number of urea groups is 1. The summed E-state index contributed by atoms with van der Waals surface area (Å²) in [5, 5.41) is 14.6. The van der Waals surface area contributed by atoms with Gasteiger partial charge < -0.3 is 15.7 Å². The van der Waals surface area contributed by atoms with Gasteiger partial charge in [-0.05, 0) is 31.9 Å². The minimum Gasteiger partial charge on any atom is -0.481 e. The van der Waals surface area contributed by atoms with Gasteiger partial charge in [-0.3, -0.25) is 4.79 Å². The quantitative estimate of drug-likeness (QED) is 0.688. The lowest BCUT2D eigenvalue weighted by Gasteiger charge is -2.17. The summed E-state index contributed by atoms with van der Waals surface area (Å²) in [4.78, 5) is 22.5. The van der Waals surface area contributed by atoms with Gasteiger partial charge in [0.2, 0.25) is 0 Å². The number of hydrogen-bond acceptors (Lipinski definition) is 3. The summed E-state index contributed by atoms with van der Waals surface area (Å²) in [5.74, 6) is 0.874. The largest absolute Gasteiger partial charge is 0.481 e. The summed E-state index contributed by atoms with van der Waals surface area (Å²) < 4.78 is 0. The minimum absolute atomic E-state index is 0.00266. The summed E-state index contributed by atoms with van der Waals surface area (Å²) >= 11 is 1.79. The van der Waals surface area contributed by atoms with Gasteiger partial charge >= 0.3 is 12.0 Å². The van der Waals surface area contributed by atoms with Crippen molar-refractivity contribution in [3.63, 3.8) is 0 Å². The van der Waals surface area contributed by atoms with E-state index in [1.165, 1.54) is 0 Å². The molecule has 2 amide bonds. The Morgan fingerprint density at radius 2 is 2.17 bits per heavy atom. The number of aliphatic carboxylic acids is 1. The first-order valence-electron chi connectivity index (χ1n) is 6.40. The van der Waals surface area contributed by atoms with Gasteiger partial charge in [0.05, 0.1) is 5.92 Å². The van der Waals surface area contributed by atoms with Crippen LogP contribution in [0.1, 0.15) is 33.1 Å². The lowest BCUT2D eigenvalue weighted by Crippen LogP contribution is -2.45. The van der Waals surface area contributed by atoms with Crippen LogP contribution in [0.15, 0.2) is 0 Å². The van der Waals surface area contributed by atoms with E-state index in [-0.39, 0.29) is 24.0 Å². The monoisotopic (exact) mass is 274 g/mol. The highest BCUT2D eigenvalue weighted by Crippen LogP contribution is 2.25. The first-order chi connectivity index (χ1) is 8.52. The van der Waals surface area contributed by atoms with E-state index in [9.17, 15) is 9.59 Å². The molecule has 6 heteroatoms. The van der Waals surface area contributed by atoms with E-state index in [4.69, 9.17) is 5.11 Å². The van der Waals surface area contributed by atoms with Crippen molar-refractivity contribution in [3.8, 4) is 0 Å². The Kier molecular flexibility index (Phi) is 6.32. The van der Waals surface area contributed by atoms with Crippen molar-refractivity contribution in [2.45, 2.75) is 45.2 Å². The molecule has 0 aliphatic heterocycles. The summed E-state index contributed by atoms with van der Waals surface area (Å²) in [6.45, 7) is 4.05. The van der Waals surface area contributed by atoms with Crippen LogP contribution in [0.25, 0.3) is 0 Å². The third kappa shape index (κ3) is 5.16. The fourth-order valence-corrected chi connectivity index (χ4v) is 2.80. The van der Waals surface area contributed by atoms with E-state index in [2.05, 4.69) is 17.6 Å². The molecule has 0 aromatic heterocycles. The van der Waals surface area contributed by atoms with Crippen LogP contribution in [0.2, 0.25) is 0 Å². The molecule has 3 atom stereocenters. The smallest absolute Gasteiger partial charge is 0.315 e. The van der Waals surface area contributed by atoms with Gasteiger partial charge in [-0.25, -0.2) is 4.79 Å². The Bertz CT molecular complexity index is 299. The van der Waals surface area contributed by atoms with Crippen LogP contribution in [0.4, 0.5) is 4.79 Å². The highest BCUT2D eigenvalue weighted by atomic mass is 32.2. The SMILES string of the molecule is CCSCC(C)NC(=O)NC1CCC(C(=O)O)C1. The van der Waals surface area contributed by atoms with E-state index < -0.39 is 5.97 Å². The van der Waals surface area contributed by atoms with Crippen LogP contribution in [0, 0.1) is 5.92 Å². The van der Waals surface area contributed by atoms with Gasteiger partial charge in [-0.15, -0.1) is 0 Å². The molecule has 18 heavy (non-hydrogen) atoms. The third-order valence-corrected chi connectivity index (χ3v) is 4.21. The van der Waals surface area contributed by atoms with Crippen molar-refractivity contribution < 1.29 is 14.7 Å². The summed E-state index contributed by atoms with van der Waals surface area (Å²) in [6.07, 6.45) is 1.95. The number of nitrogens with one attached hydrogen (secondary N) is 2. The van der Waals surface area contributed by atoms with Crippen LogP contribution in [0.3, 0.4) is 0 Å². The molecule has 104 valence electrons. The summed E-state index contributed by atoms with van der Waals surface area (Å²) in [6, 6.07) is -0.0565. The zero-order chi connectivity index (χ0) is 13.5. The van der Waals surface area contributed by atoms with Crippen LogP contribution >= 0.6 is 11.8 Å². The van der Waals surface area contributed by atoms with E-state index in [0.29, 0.717) is 12.8 Å². The van der Waals surface area contributed by atoms with E-state index in [1.54, 1.807) is 11.8 Å². The topological polar surface area (TPSA) is 78.4 Å². The molecule has 0 radical (unpaired) electrons. The zero-order valence-electron chi connectivity index (χ0n) is 10.9. The van der Waals surface area contributed by atoms with Crippen LogP contribution in [0.5, 0.6) is 0 Å². The van der Waals surface area contributed by atoms with Gasteiger partial charge in [-0.2, -0.15) is 11.8 Å². The molecule has 1 saturated carbocycles. The van der Waals surface area contributed by atoms with Crippen molar-refractivity contribution in [1.82, 2.24) is 10.6 Å². The Hall–Kier alpha value is -0.910. The lowest BCUT2D eigenvalue weighted by molar-refractivity contribution is -0.141. The molecule has 1 aliphatic carbocycles. The fraction of sp³-hybridized carbons (Fsp3) is 0.833. The molecule has 1 aliphatic rings. The van der Waals surface area contributed by atoms with Gasteiger partial charge in [0, 0.05) is 17.8 Å². The second kappa shape index (κ2) is 7.51. The van der Waals surface area contributed by atoms with Gasteiger partial charge in [0.15, 0.2) is 0 Å². The van der Waals surface area contributed by atoms with Crippen molar-refractivity contribution in [2.24, 2.45) is 5.92 Å². The van der Waals surface area contributed by atoms with Crippen LogP contribution in [-0.4, -0.2) is 40.7 Å². The number of amides is 2. The Morgan fingerprint density at radius 3 is 2.72 bits per heavy atom. The summed E-state index contributed by atoms with van der Waals surface area (Å²) in [7, 11) is 0. The lowest BCUT2D eigenvalue weighted by atomic mass is 10.1. The van der Waals surface area contributed by atoms with Crippen molar-refractivity contribution in [2.75, 3.05) is 11.5 Å². The fourth-order valence-electron chi connectivity index (χ4n) is 2.12. The first-order valence-corrected chi connectivity index (χ1v) is 7.56. The highest BCUT2D eigenvalue weighted by molar-refractivity contribution is 7.99. The molecule has 0 heterocycles. The minimum atomic E-state index is -0.757. The molecular weight excluding hydrogens is 252 g/mol. The number of rotatable bonds is 6. The number of thioether (sulfide) groups is 1. The Labute approximate surface area is 112 Å². The molecule has 0 aromatic carbocycles. The second-order valence-electron chi connectivity index (χ2n) is 4.72. The normalized spacial score (nSPS) is 24.6. The van der Waals surface area contributed by atoms with Gasteiger partial charge in [0.1, 0.15) is 0 Å². The van der Waals surface area contributed by atoms with Gasteiger partial charge in [-0.1, -0.05) is 6.92 Å². The number of hydrogen-bond donors (Lipinski definition) is 3. The molecule has 0 saturated heterocycles. The van der Waals surface area contributed by atoms with E-state index in [1.807, 2.05) is 6.92 Å². The maximum atomic E-state index is 11.7. The third-order valence-electron chi connectivity index (χ3n) is 3.07. The molecule has 0 aromatic rings. The van der Waals surface area contributed by atoms with Crippen LogP contribution in [-0.2, 0) is 4.79 Å². The number of carboxylic acid groups (broad SMARTS) is 1. The molecule has 3 N–H and O–H groups in total. The molecule has 1 fully saturated rings. The van der Waals surface area contributed by atoms with Crippen molar-refractivity contribution >= 4 is 23.8 Å². The standard InChI is InChI=1S/C12H22N2O3S/c1-3-18-7-8(2)13-12(17)14-10-5-4-9(6-10)11(15)16/h8-10H,3-7H2,1-2H3,(H,15,16)(H2,13,14,17). The Balaban J connectivity index is 2.23. The van der Waals surface area contributed by atoms with Crippen molar-refractivity contribution in [3.05, 3.63) is 0 Å². The molecule has 1 rings (SSSR count). The zero-order valence-corrected chi connectivity index (χ0v) is 11.8. The number of carbonyl (C=O) groups excluding carboxylic acids is 1. The predicted octanol–water partition coefficient (Wildman–Crippen LogP) is 1.68. The van der Waals surface area contributed by atoms with Crippen LogP contribution < -0.4 is 10.6 Å². The maximum Gasteiger partial charge on any atom is 0.315 e. The maximum absolute atomic E-state index is 11.7.